The summed E-state index contributed by atoms with van der Waals surface area (Å²) in [7, 11) is 0. The van der Waals surface area contributed by atoms with Crippen LogP contribution in [0.4, 0.5) is 13.6 Å². The molecule has 0 aliphatic heterocycles. The molecule has 4 nitrogen and oxygen atoms in total. The van der Waals surface area contributed by atoms with Crippen LogP contribution < -0.4 is 5.32 Å². The minimum Gasteiger partial charge on any atom is -0.444 e. The first kappa shape index (κ1) is 18.1. The van der Waals surface area contributed by atoms with Crippen LogP contribution in [0.2, 0.25) is 0 Å². The first-order valence-corrected chi connectivity index (χ1v) is 7.10. The van der Waals surface area contributed by atoms with Gasteiger partial charge in [0.1, 0.15) is 17.2 Å². The monoisotopic (exact) mass is 313 g/mol. The Balaban J connectivity index is 2.69. The summed E-state index contributed by atoms with van der Waals surface area (Å²) in [6.45, 7) is 6.97. The number of ether oxygens (including phenoxy) is 1. The number of benzene rings is 1. The van der Waals surface area contributed by atoms with Crippen LogP contribution in [0.15, 0.2) is 18.2 Å². The van der Waals surface area contributed by atoms with E-state index in [1.807, 2.05) is 0 Å². The summed E-state index contributed by atoms with van der Waals surface area (Å²) in [6.07, 6.45) is -0.238. The van der Waals surface area contributed by atoms with E-state index >= 15 is 0 Å². The molecular formula is C16H21F2NO3. The fourth-order valence-electron chi connectivity index (χ4n) is 1.82. The van der Waals surface area contributed by atoms with Crippen molar-refractivity contribution in [1.82, 2.24) is 5.32 Å². The van der Waals surface area contributed by atoms with Crippen molar-refractivity contribution in [3.8, 4) is 0 Å². The first-order valence-electron chi connectivity index (χ1n) is 7.10. The molecule has 0 fully saturated rings. The molecule has 1 unspecified atom stereocenters. The lowest BCUT2D eigenvalue weighted by Gasteiger charge is -2.22. The normalized spacial score (nSPS) is 12.6. The Kier molecular flexibility index (Phi) is 6.02. The van der Waals surface area contributed by atoms with E-state index in [0.717, 1.165) is 12.1 Å². The van der Waals surface area contributed by atoms with E-state index in [0.29, 0.717) is 12.5 Å². The molecular weight excluding hydrogens is 292 g/mol. The minimum absolute atomic E-state index is 0.0850. The van der Waals surface area contributed by atoms with Crippen molar-refractivity contribution in [3.05, 3.63) is 35.4 Å². The zero-order valence-electron chi connectivity index (χ0n) is 13.2. The maximum Gasteiger partial charge on any atom is 0.407 e. The van der Waals surface area contributed by atoms with Gasteiger partial charge in [-0.25, -0.2) is 13.6 Å². The number of nitrogens with one attached hydrogen (secondary N) is 1. The lowest BCUT2D eigenvalue weighted by molar-refractivity contribution is 0.0500. The molecule has 0 aliphatic rings. The molecule has 6 heteroatoms. The van der Waals surface area contributed by atoms with Crippen molar-refractivity contribution in [2.45, 2.75) is 52.2 Å². The zero-order valence-corrected chi connectivity index (χ0v) is 13.2. The van der Waals surface area contributed by atoms with Gasteiger partial charge in [0.25, 0.3) is 0 Å². The van der Waals surface area contributed by atoms with Gasteiger partial charge in [0.2, 0.25) is 0 Å². The molecule has 0 aliphatic carbocycles. The van der Waals surface area contributed by atoms with Gasteiger partial charge in [-0.2, -0.15) is 0 Å². The molecule has 22 heavy (non-hydrogen) atoms. The molecule has 0 heterocycles. The van der Waals surface area contributed by atoms with Crippen molar-refractivity contribution in [2.75, 3.05) is 0 Å². The molecule has 1 aromatic carbocycles. The number of ketones is 1. The predicted molar refractivity (Wildman–Crippen MR) is 78.8 cm³/mol. The molecule has 1 rings (SSSR count). The number of alkyl carbamates (subject to hydrolysis) is 1. The fourth-order valence-corrected chi connectivity index (χ4v) is 1.82. The molecule has 1 N–H and O–H groups in total. The fraction of sp³-hybridized carbons (Fsp3) is 0.500. The highest BCUT2D eigenvalue weighted by Crippen LogP contribution is 2.14. The Hall–Kier alpha value is -1.98. The number of Topliss-reactive ketones (excluding diaryl/α,β-unsaturated/α-hetero) is 1. The number of hydrogen-bond acceptors (Lipinski definition) is 3. The lowest BCUT2D eigenvalue weighted by Crippen LogP contribution is -2.40. The van der Waals surface area contributed by atoms with Crippen LogP contribution >= 0.6 is 0 Å². The summed E-state index contributed by atoms with van der Waals surface area (Å²) in [5, 5.41) is 2.58. The second-order valence-corrected chi connectivity index (χ2v) is 6.00. The average molecular weight is 313 g/mol. The van der Waals surface area contributed by atoms with Gasteiger partial charge in [-0.3, -0.25) is 4.79 Å². The molecule has 1 aromatic rings. The number of carbonyl (C=O) groups excluding carboxylic acids is 2. The lowest BCUT2D eigenvalue weighted by atomic mass is 10.0. The topological polar surface area (TPSA) is 55.4 Å². The van der Waals surface area contributed by atoms with Gasteiger partial charge in [-0.15, -0.1) is 0 Å². The van der Waals surface area contributed by atoms with Gasteiger partial charge in [0, 0.05) is 18.5 Å². The Bertz CT molecular complexity index is 553. The predicted octanol–water partition coefficient (Wildman–Crippen LogP) is 3.84. The summed E-state index contributed by atoms with van der Waals surface area (Å²) in [4.78, 5) is 23.7. The number of hydrogen-bond donors (Lipinski definition) is 1. The van der Waals surface area contributed by atoms with Crippen molar-refractivity contribution < 1.29 is 23.1 Å². The van der Waals surface area contributed by atoms with Crippen molar-refractivity contribution >= 4 is 11.9 Å². The van der Waals surface area contributed by atoms with Gasteiger partial charge in [0.15, 0.2) is 5.78 Å². The highest BCUT2D eigenvalue weighted by Gasteiger charge is 2.22. The van der Waals surface area contributed by atoms with Crippen LogP contribution in [0.5, 0.6) is 0 Å². The van der Waals surface area contributed by atoms with Gasteiger partial charge in [-0.05, 0) is 39.3 Å². The molecule has 0 saturated heterocycles. The summed E-state index contributed by atoms with van der Waals surface area (Å²) < 4.78 is 31.5. The van der Waals surface area contributed by atoms with Crippen LogP contribution in [0, 0.1) is 11.6 Å². The molecule has 1 atom stereocenters. The zero-order chi connectivity index (χ0) is 16.9. The largest absolute Gasteiger partial charge is 0.444 e. The molecule has 0 radical (unpaired) electrons. The van der Waals surface area contributed by atoms with Crippen LogP contribution in [-0.2, 0) is 4.74 Å². The number of carbonyl (C=O) groups is 2. The van der Waals surface area contributed by atoms with E-state index in [1.165, 1.54) is 0 Å². The summed E-state index contributed by atoms with van der Waals surface area (Å²) >= 11 is 0. The highest BCUT2D eigenvalue weighted by molar-refractivity contribution is 5.96. The molecule has 0 aromatic heterocycles. The minimum atomic E-state index is -0.905. The molecule has 0 bridgehead atoms. The van der Waals surface area contributed by atoms with Gasteiger partial charge in [-0.1, -0.05) is 6.92 Å². The standard InChI is InChI=1S/C16H21F2NO3/c1-5-11(19-15(21)22-16(2,3)4)9-14(20)12-7-6-10(17)8-13(12)18/h6-8,11H,5,9H2,1-4H3,(H,19,21). The molecule has 1 amide bonds. The molecule has 0 spiro atoms. The Morgan fingerprint density at radius 2 is 1.91 bits per heavy atom. The van der Waals surface area contributed by atoms with Crippen molar-refractivity contribution in [2.24, 2.45) is 0 Å². The van der Waals surface area contributed by atoms with Crippen molar-refractivity contribution in [3.63, 3.8) is 0 Å². The first-order chi connectivity index (χ1) is 10.1. The number of rotatable bonds is 5. The Morgan fingerprint density at radius 3 is 2.41 bits per heavy atom. The average Bonchev–Trinajstić information content (AvgIpc) is 2.35. The summed E-state index contributed by atoms with van der Waals surface area (Å²) in [6, 6.07) is 2.31. The van der Waals surface area contributed by atoms with Crippen LogP contribution in [0.1, 0.15) is 50.9 Å². The van der Waals surface area contributed by atoms with E-state index in [4.69, 9.17) is 4.74 Å². The Labute approximate surface area is 128 Å². The van der Waals surface area contributed by atoms with Crippen LogP contribution in [0.3, 0.4) is 0 Å². The summed E-state index contributed by atoms with van der Waals surface area (Å²) in [5.74, 6) is -2.15. The second kappa shape index (κ2) is 7.33. The van der Waals surface area contributed by atoms with E-state index in [2.05, 4.69) is 5.32 Å². The van der Waals surface area contributed by atoms with Crippen molar-refractivity contribution in [1.29, 1.82) is 0 Å². The third-order valence-corrected chi connectivity index (χ3v) is 2.88. The van der Waals surface area contributed by atoms with E-state index in [9.17, 15) is 18.4 Å². The highest BCUT2D eigenvalue weighted by atomic mass is 19.1. The van der Waals surface area contributed by atoms with E-state index < -0.39 is 35.2 Å². The van der Waals surface area contributed by atoms with Gasteiger partial charge in [0.05, 0.1) is 5.56 Å². The maximum absolute atomic E-state index is 13.6. The van der Waals surface area contributed by atoms with Gasteiger partial charge >= 0.3 is 6.09 Å². The third-order valence-electron chi connectivity index (χ3n) is 2.88. The molecule has 122 valence electrons. The Morgan fingerprint density at radius 1 is 1.27 bits per heavy atom. The van der Waals surface area contributed by atoms with Crippen LogP contribution in [0.25, 0.3) is 0 Å². The second-order valence-electron chi connectivity index (χ2n) is 6.00. The summed E-state index contributed by atoms with van der Waals surface area (Å²) in [5.41, 5.74) is -0.832. The van der Waals surface area contributed by atoms with E-state index in [-0.39, 0.29) is 12.0 Å². The quantitative estimate of drug-likeness (QED) is 0.840. The third kappa shape index (κ3) is 5.79. The number of amides is 1. The maximum atomic E-state index is 13.6. The SMILES string of the molecule is CCC(CC(=O)c1ccc(F)cc1F)NC(=O)OC(C)(C)C. The van der Waals surface area contributed by atoms with Crippen LogP contribution in [-0.4, -0.2) is 23.5 Å². The van der Waals surface area contributed by atoms with Gasteiger partial charge < -0.3 is 10.1 Å². The number of halogens is 2. The molecule has 0 saturated carbocycles. The van der Waals surface area contributed by atoms with E-state index in [1.54, 1.807) is 27.7 Å². The smallest absolute Gasteiger partial charge is 0.407 e.